The molecule has 0 aliphatic carbocycles. The number of hydrogen-bond acceptors (Lipinski definition) is 2. The summed E-state index contributed by atoms with van der Waals surface area (Å²) in [6.07, 6.45) is -17.1. The van der Waals surface area contributed by atoms with E-state index in [1.54, 1.807) is 32.0 Å². The monoisotopic (exact) mass is 570 g/mol. The molecule has 1 heterocycles. The third-order valence-corrected chi connectivity index (χ3v) is 6.67. The fourth-order valence-corrected chi connectivity index (χ4v) is 5.05. The molecule has 0 unspecified atom stereocenters. The molecule has 208 valence electrons. The molecule has 0 saturated heterocycles. The molecule has 0 radical (unpaired) electrons. The number of hydrogen-bond donors (Lipinski definition) is 0. The van der Waals surface area contributed by atoms with Crippen molar-refractivity contribution in [2.45, 2.75) is 38.0 Å². The average molecular weight is 570 g/mol. The molecule has 4 aromatic carbocycles. The van der Waals surface area contributed by atoms with E-state index in [0.29, 0.717) is 17.7 Å². The molecule has 1 aromatic heterocycles. The number of nitrogens with zero attached hydrogens (tertiary/aromatic N) is 2. The van der Waals surface area contributed by atoms with Gasteiger partial charge in [0.2, 0.25) is 0 Å². The van der Waals surface area contributed by atoms with E-state index in [4.69, 9.17) is 0 Å². The molecule has 0 aliphatic rings. The highest BCUT2D eigenvalue weighted by Gasteiger charge is 2.74. The van der Waals surface area contributed by atoms with E-state index in [1.807, 2.05) is 0 Å². The van der Waals surface area contributed by atoms with E-state index in [1.165, 1.54) is 6.07 Å². The maximum atomic E-state index is 16.0. The topological polar surface area (TPSA) is 25.8 Å². The Morgan fingerprint density at radius 2 is 1.20 bits per heavy atom. The molecule has 5 rings (SSSR count). The first kappa shape index (κ1) is 27.6. The van der Waals surface area contributed by atoms with Crippen LogP contribution in [0.15, 0.2) is 60.9 Å². The van der Waals surface area contributed by atoms with Crippen LogP contribution in [0.2, 0.25) is 0 Å². The Morgan fingerprint density at radius 1 is 0.600 bits per heavy atom. The second-order valence-electron chi connectivity index (χ2n) is 9.50. The van der Waals surface area contributed by atoms with Gasteiger partial charge in [-0.25, -0.2) is 14.4 Å². The summed E-state index contributed by atoms with van der Waals surface area (Å²) in [7, 11) is 0. The van der Waals surface area contributed by atoms with Gasteiger partial charge in [0.1, 0.15) is 6.33 Å². The van der Waals surface area contributed by atoms with Crippen LogP contribution >= 0.6 is 0 Å². The van der Waals surface area contributed by atoms with Crippen LogP contribution in [0.5, 0.6) is 0 Å². The van der Waals surface area contributed by atoms with Crippen molar-refractivity contribution in [2.24, 2.45) is 0 Å². The van der Waals surface area contributed by atoms with Gasteiger partial charge in [0.15, 0.2) is 0 Å². The van der Waals surface area contributed by atoms with E-state index in [0.717, 1.165) is 35.7 Å². The molecule has 0 saturated carbocycles. The lowest BCUT2D eigenvalue weighted by atomic mass is 9.84. The predicted octanol–water partition coefficient (Wildman–Crippen LogP) is 9.53. The minimum absolute atomic E-state index is 0.0424. The third-order valence-electron chi connectivity index (χ3n) is 6.67. The number of rotatable bonds is 2. The zero-order chi connectivity index (χ0) is 29.4. The summed E-state index contributed by atoms with van der Waals surface area (Å²) in [5, 5.41) is -2.20. The van der Waals surface area contributed by atoms with Crippen molar-refractivity contribution in [3.05, 3.63) is 83.2 Å². The molecule has 0 amide bonds. The normalized spacial score (nSPS) is 13.5. The molecule has 12 heteroatoms. The van der Waals surface area contributed by atoms with E-state index < -0.39 is 51.6 Å². The molecule has 0 spiro atoms. The molecule has 0 atom stereocenters. The number of alkyl halides is 10. The van der Waals surface area contributed by atoms with Crippen molar-refractivity contribution in [3.8, 4) is 11.3 Å². The van der Waals surface area contributed by atoms with Gasteiger partial charge < -0.3 is 0 Å². The maximum Gasteiger partial charge on any atom is 0.436 e. The van der Waals surface area contributed by atoms with Crippen LogP contribution in [-0.4, -0.2) is 22.3 Å². The molecule has 0 bridgehead atoms. The molecule has 5 aromatic rings. The molecular formula is C28H16F10N2. The first-order valence-electron chi connectivity index (χ1n) is 11.6. The van der Waals surface area contributed by atoms with Gasteiger partial charge in [-0.1, -0.05) is 35.4 Å². The smallest absolute Gasteiger partial charge is 0.236 e. The lowest BCUT2D eigenvalue weighted by Gasteiger charge is -2.32. The van der Waals surface area contributed by atoms with E-state index >= 15 is 4.39 Å². The number of aromatic nitrogens is 2. The SMILES string of the molecule is Cc1cc(C)cc(-c2ncnc3c(C(F)(C(F)(F)F)C(F)(F)F)c4c(ccc5cc(C(F)(F)F)ccc54)cc23)c1. The van der Waals surface area contributed by atoms with Crippen LogP contribution in [0.1, 0.15) is 22.3 Å². The van der Waals surface area contributed by atoms with Gasteiger partial charge in [-0.3, -0.25) is 0 Å². The van der Waals surface area contributed by atoms with Gasteiger partial charge in [-0.05, 0) is 65.7 Å². The molecule has 40 heavy (non-hydrogen) atoms. The van der Waals surface area contributed by atoms with Crippen molar-refractivity contribution < 1.29 is 43.9 Å². The van der Waals surface area contributed by atoms with Crippen LogP contribution in [0, 0.1) is 13.8 Å². The number of benzene rings is 4. The minimum atomic E-state index is -6.51. The van der Waals surface area contributed by atoms with Crippen LogP contribution in [0.4, 0.5) is 43.9 Å². The van der Waals surface area contributed by atoms with Crippen molar-refractivity contribution in [1.82, 2.24) is 9.97 Å². The third kappa shape index (κ3) is 4.20. The first-order valence-corrected chi connectivity index (χ1v) is 11.6. The fraction of sp³-hybridized carbons (Fsp3) is 0.214. The molecule has 0 N–H and O–H groups in total. The van der Waals surface area contributed by atoms with Crippen LogP contribution in [-0.2, 0) is 11.8 Å². The molecular weight excluding hydrogens is 554 g/mol. The zero-order valence-corrected chi connectivity index (χ0v) is 20.4. The standard InChI is InChI=1S/C28H16F10N2/c1-13-7-14(2)9-17(8-13)23-20-11-16-4-3-15-10-18(26(30,31)32)5-6-19(15)21(16)22(24(20)40-12-39-23)25(29,27(33,34)35)28(36,37)38/h3-12H,1-2H3. The summed E-state index contributed by atoms with van der Waals surface area (Å²) in [4.78, 5) is 7.78. The molecule has 0 aliphatic heterocycles. The van der Waals surface area contributed by atoms with E-state index in [9.17, 15) is 39.5 Å². The highest BCUT2D eigenvalue weighted by atomic mass is 19.4. The van der Waals surface area contributed by atoms with Gasteiger partial charge in [0.25, 0.3) is 0 Å². The minimum Gasteiger partial charge on any atom is -0.236 e. The highest BCUT2D eigenvalue weighted by Crippen LogP contribution is 2.57. The van der Waals surface area contributed by atoms with Gasteiger partial charge in [0.05, 0.1) is 16.8 Å². The van der Waals surface area contributed by atoms with Crippen molar-refractivity contribution >= 4 is 32.4 Å². The highest BCUT2D eigenvalue weighted by molar-refractivity contribution is 6.16. The Hall–Kier alpha value is -3.96. The number of fused-ring (bicyclic) bond motifs is 4. The molecule has 2 nitrogen and oxygen atoms in total. The van der Waals surface area contributed by atoms with Crippen molar-refractivity contribution in [2.75, 3.05) is 0 Å². The summed E-state index contributed by atoms with van der Waals surface area (Å²) in [5.41, 5.74) is -8.20. The Bertz CT molecular complexity index is 1770. The second-order valence-corrected chi connectivity index (χ2v) is 9.50. The summed E-state index contributed by atoms with van der Waals surface area (Å²) in [6, 6.07) is 10.2. The average Bonchev–Trinajstić information content (AvgIpc) is 2.83. The Balaban J connectivity index is 2.04. The predicted molar refractivity (Wildman–Crippen MR) is 129 cm³/mol. The van der Waals surface area contributed by atoms with Crippen LogP contribution in [0.3, 0.4) is 0 Å². The number of halogens is 10. The lowest BCUT2D eigenvalue weighted by molar-refractivity contribution is -0.347. The van der Waals surface area contributed by atoms with Gasteiger partial charge in [-0.2, -0.15) is 39.5 Å². The summed E-state index contributed by atoms with van der Waals surface area (Å²) in [5.74, 6) is 0. The Morgan fingerprint density at radius 3 is 1.77 bits per heavy atom. The van der Waals surface area contributed by atoms with Crippen LogP contribution < -0.4 is 0 Å². The van der Waals surface area contributed by atoms with Crippen LogP contribution in [0.25, 0.3) is 43.7 Å². The molecule has 0 fully saturated rings. The summed E-state index contributed by atoms with van der Waals surface area (Å²) < 4.78 is 141. The lowest BCUT2D eigenvalue weighted by Crippen LogP contribution is -2.50. The maximum absolute atomic E-state index is 16.0. The zero-order valence-electron chi connectivity index (χ0n) is 20.4. The second kappa shape index (κ2) is 8.77. The summed E-state index contributed by atoms with van der Waals surface area (Å²) >= 11 is 0. The van der Waals surface area contributed by atoms with E-state index in [-0.39, 0.29) is 21.9 Å². The summed E-state index contributed by atoms with van der Waals surface area (Å²) in [6.45, 7) is 3.45. The van der Waals surface area contributed by atoms with Gasteiger partial charge in [0, 0.05) is 16.5 Å². The van der Waals surface area contributed by atoms with Crippen molar-refractivity contribution in [3.63, 3.8) is 0 Å². The Labute approximate surface area is 219 Å². The van der Waals surface area contributed by atoms with E-state index in [2.05, 4.69) is 9.97 Å². The fourth-order valence-electron chi connectivity index (χ4n) is 5.05. The largest absolute Gasteiger partial charge is 0.436 e. The quantitative estimate of drug-likeness (QED) is 0.120. The van der Waals surface area contributed by atoms with Gasteiger partial charge in [-0.15, -0.1) is 0 Å². The van der Waals surface area contributed by atoms with Crippen molar-refractivity contribution in [1.29, 1.82) is 0 Å². The first-order chi connectivity index (χ1) is 18.4. The number of aryl methyl sites for hydroxylation is 2. The Kier molecular flexibility index (Phi) is 6.05. The van der Waals surface area contributed by atoms with Gasteiger partial charge >= 0.3 is 24.2 Å².